The number of ketones is 2. The summed E-state index contributed by atoms with van der Waals surface area (Å²) in [5.41, 5.74) is 1.64. The maximum atomic E-state index is 12.4. The molecule has 4 aliphatic rings. The molecule has 0 N–H and O–H groups in total. The van der Waals surface area contributed by atoms with E-state index in [4.69, 9.17) is 0 Å². The van der Waals surface area contributed by atoms with Gasteiger partial charge in [0.2, 0.25) is 0 Å². The van der Waals surface area contributed by atoms with Gasteiger partial charge < -0.3 is 0 Å². The van der Waals surface area contributed by atoms with E-state index in [2.05, 4.69) is 13.8 Å². The molecular formula is C19H26O2. The van der Waals surface area contributed by atoms with Crippen molar-refractivity contribution in [2.45, 2.75) is 65.2 Å². The zero-order valence-electron chi connectivity index (χ0n) is 13.3. The van der Waals surface area contributed by atoms with E-state index in [9.17, 15) is 9.59 Å². The molecule has 3 fully saturated rings. The molecular weight excluding hydrogens is 263 g/mol. The van der Waals surface area contributed by atoms with Gasteiger partial charge in [-0.3, -0.25) is 9.59 Å². The first-order valence-corrected chi connectivity index (χ1v) is 8.72. The van der Waals surface area contributed by atoms with E-state index in [1.165, 1.54) is 18.4 Å². The van der Waals surface area contributed by atoms with Gasteiger partial charge in [-0.25, -0.2) is 0 Å². The number of allylic oxidation sites excluding steroid dienone is 1. The van der Waals surface area contributed by atoms with Gasteiger partial charge >= 0.3 is 0 Å². The van der Waals surface area contributed by atoms with Gasteiger partial charge in [0.1, 0.15) is 5.78 Å². The minimum atomic E-state index is -0.0246. The molecule has 0 aromatic rings. The van der Waals surface area contributed by atoms with E-state index in [1.807, 2.05) is 6.08 Å². The lowest BCUT2D eigenvalue weighted by molar-refractivity contribution is -0.132. The lowest BCUT2D eigenvalue weighted by Gasteiger charge is -2.56. The summed E-state index contributed by atoms with van der Waals surface area (Å²) in [6.07, 6.45) is 10.2. The molecule has 0 saturated heterocycles. The molecule has 3 saturated carbocycles. The summed E-state index contributed by atoms with van der Waals surface area (Å²) in [5.74, 6) is 2.88. The van der Waals surface area contributed by atoms with Crippen molar-refractivity contribution in [2.75, 3.05) is 0 Å². The molecule has 0 radical (unpaired) electrons. The Hall–Kier alpha value is -0.920. The summed E-state index contributed by atoms with van der Waals surface area (Å²) in [6.45, 7) is 4.64. The monoisotopic (exact) mass is 289 g/mol. The van der Waals surface area contributed by atoms with Gasteiger partial charge in [0.25, 0.3) is 0 Å². The number of fused-ring (bicyclic) bond motifs is 5. The molecule has 0 aromatic heterocycles. The normalized spacial score (nSPS) is 49.2. The summed E-state index contributed by atoms with van der Waals surface area (Å²) in [5, 5.41) is 0. The van der Waals surface area contributed by atoms with E-state index in [1.54, 1.807) is 0 Å². The van der Waals surface area contributed by atoms with Crippen molar-refractivity contribution < 1.29 is 9.59 Å². The highest BCUT2D eigenvalue weighted by atomic mass is 16.2. The first kappa shape index (κ1) is 13.7. The van der Waals surface area contributed by atoms with Crippen LogP contribution in [0.25, 0.3) is 0 Å². The van der Waals surface area contributed by atoms with E-state index < -0.39 is 0 Å². The van der Waals surface area contributed by atoms with Crippen LogP contribution < -0.4 is 0 Å². The molecule has 114 valence electrons. The Labute approximate surface area is 127 Å². The van der Waals surface area contributed by atoms with Crippen LogP contribution in [0.5, 0.6) is 0 Å². The number of carbonyl (C=O) groups is 2. The Morgan fingerprint density at radius 1 is 0.905 bits per heavy atom. The molecule has 2 heteroatoms. The summed E-state index contributed by atoms with van der Waals surface area (Å²) >= 11 is 0. The van der Waals surface area contributed by atoms with Crippen LogP contribution in [-0.4, -0.2) is 11.6 Å². The minimum absolute atomic E-state index is 0.0246. The van der Waals surface area contributed by atoms with Crippen molar-refractivity contribution in [1.82, 2.24) is 0 Å². The number of hydrogen-bond acceptors (Lipinski definition) is 2. The lowest BCUT2D eigenvalue weighted by atomic mass is 9.52. The molecule has 0 unspecified atom stereocenters. The molecule has 0 amide bonds. The van der Waals surface area contributed by atoms with Gasteiger partial charge in [0, 0.05) is 18.3 Å². The maximum Gasteiger partial charge on any atom is 0.155 e. The fourth-order valence-electron chi connectivity index (χ4n) is 6.33. The molecule has 4 aliphatic carbocycles. The third-order valence-electron chi connectivity index (χ3n) is 7.67. The van der Waals surface area contributed by atoms with Gasteiger partial charge in [-0.1, -0.05) is 19.4 Å². The van der Waals surface area contributed by atoms with Gasteiger partial charge in [0.05, 0.1) is 0 Å². The highest BCUT2D eigenvalue weighted by Crippen LogP contribution is 2.64. The Bertz CT molecular complexity index is 546. The molecule has 4 rings (SSSR count). The van der Waals surface area contributed by atoms with Crippen molar-refractivity contribution >= 4 is 11.6 Å². The molecule has 5 atom stereocenters. The van der Waals surface area contributed by atoms with E-state index >= 15 is 0 Å². The molecule has 2 nitrogen and oxygen atoms in total. The summed E-state index contributed by atoms with van der Waals surface area (Å²) in [4.78, 5) is 24.1. The second-order valence-electron chi connectivity index (χ2n) is 8.39. The van der Waals surface area contributed by atoms with Gasteiger partial charge in [-0.15, -0.1) is 0 Å². The van der Waals surface area contributed by atoms with E-state index in [0.29, 0.717) is 29.3 Å². The first-order valence-electron chi connectivity index (χ1n) is 8.72. The molecule has 0 spiro atoms. The van der Waals surface area contributed by atoms with Crippen molar-refractivity contribution in [2.24, 2.45) is 28.6 Å². The fraction of sp³-hybridized carbons (Fsp3) is 0.789. The first-order chi connectivity index (χ1) is 9.95. The number of carbonyl (C=O) groups excluding carboxylic acids is 2. The Morgan fingerprint density at radius 3 is 2.48 bits per heavy atom. The molecule has 0 bridgehead atoms. The summed E-state index contributed by atoms with van der Waals surface area (Å²) < 4.78 is 0. The van der Waals surface area contributed by atoms with Gasteiger partial charge in [-0.2, -0.15) is 0 Å². The Balaban J connectivity index is 1.70. The quantitative estimate of drug-likeness (QED) is 0.629. The van der Waals surface area contributed by atoms with Crippen molar-refractivity contribution in [3.05, 3.63) is 11.6 Å². The Morgan fingerprint density at radius 2 is 1.67 bits per heavy atom. The highest BCUT2D eigenvalue weighted by molar-refractivity contribution is 5.91. The number of Topliss-reactive ketones (excluding diaryl/α,β-unsaturated/α-hetero) is 1. The van der Waals surface area contributed by atoms with Crippen LogP contribution in [0.3, 0.4) is 0 Å². The standard InChI is InChI=1S/C19H26O2/c1-18-9-7-13(20)11-12(18)3-4-14-15-5-6-17(21)19(15,2)10-8-16(14)18/h11,14-16H,3-10H2,1-2H3/t14-,15-,16-,18-,19-/m0/s1/i2+1,17+1,19+1. The second kappa shape index (κ2) is 4.30. The maximum absolute atomic E-state index is 12.4. The van der Waals surface area contributed by atoms with Crippen LogP contribution in [0.15, 0.2) is 11.6 Å². The van der Waals surface area contributed by atoms with E-state index in [0.717, 1.165) is 38.5 Å². The van der Waals surface area contributed by atoms with Crippen LogP contribution in [0, 0.1) is 28.6 Å². The van der Waals surface area contributed by atoms with E-state index in [-0.39, 0.29) is 10.8 Å². The molecule has 0 aromatic carbocycles. The summed E-state index contributed by atoms with van der Waals surface area (Å²) in [7, 11) is 0. The SMILES string of the molecule is C[C@]12CCC(=O)C=C1CC[C@@H]1[C@@H]2CC[13C@@]2([13CH3])[C@H]1CC[13C]2=O. The van der Waals surface area contributed by atoms with Crippen molar-refractivity contribution in [1.29, 1.82) is 0 Å². The Kier molecular flexibility index (Phi) is 2.81. The second-order valence-corrected chi connectivity index (χ2v) is 8.39. The topological polar surface area (TPSA) is 34.1 Å². The minimum Gasteiger partial charge on any atom is -0.299 e. The van der Waals surface area contributed by atoms with Crippen LogP contribution in [-0.2, 0) is 9.59 Å². The third-order valence-corrected chi connectivity index (χ3v) is 7.67. The predicted octanol–water partition coefficient (Wildman–Crippen LogP) is 4.09. The zero-order chi connectivity index (χ0) is 14.8. The largest absolute Gasteiger partial charge is 0.299 e. The van der Waals surface area contributed by atoms with Crippen LogP contribution in [0.4, 0.5) is 0 Å². The smallest absolute Gasteiger partial charge is 0.155 e. The summed E-state index contributed by atoms with van der Waals surface area (Å²) in [6, 6.07) is 0. The number of hydrogen-bond donors (Lipinski definition) is 0. The predicted molar refractivity (Wildman–Crippen MR) is 81.7 cm³/mol. The fourth-order valence-corrected chi connectivity index (χ4v) is 6.33. The number of rotatable bonds is 0. The molecule has 0 heterocycles. The third kappa shape index (κ3) is 1.71. The highest BCUT2D eigenvalue weighted by Gasteiger charge is 2.58. The van der Waals surface area contributed by atoms with Gasteiger partial charge in [-0.05, 0) is 67.8 Å². The molecule has 0 aliphatic heterocycles. The molecule has 21 heavy (non-hydrogen) atoms. The van der Waals surface area contributed by atoms with Crippen LogP contribution in [0.2, 0.25) is 0 Å². The lowest BCUT2D eigenvalue weighted by Crippen LogP contribution is -2.50. The zero-order valence-corrected chi connectivity index (χ0v) is 13.3. The average molecular weight is 289 g/mol. The van der Waals surface area contributed by atoms with Crippen molar-refractivity contribution in [3.63, 3.8) is 0 Å². The van der Waals surface area contributed by atoms with Crippen molar-refractivity contribution in [3.8, 4) is 0 Å². The average Bonchev–Trinajstić information content (AvgIpc) is 2.76. The van der Waals surface area contributed by atoms with Gasteiger partial charge in [0.15, 0.2) is 5.78 Å². The van der Waals surface area contributed by atoms with Crippen LogP contribution >= 0.6 is 0 Å². The van der Waals surface area contributed by atoms with Crippen LogP contribution in [0.1, 0.15) is 65.2 Å².